The highest BCUT2D eigenvalue weighted by Crippen LogP contribution is 2.26. The Hall–Kier alpha value is -2.34. The van der Waals surface area contributed by atoms with E-state index in [0.717, 1.165) is 48.0 Å². The maximum atomic E-state index is 12.7. The Morgan fingerprint density at radius 2 is 1.92 bits per heavy atom. The summed E-state index contributed by atoms with van der Waals surface area (Å²) in [5.74, 6) is 0.978. The molecule has 1 aliphatic rings. The van der Waals surface area contributed by atoms with Crippen LogP contribution in [0.1, 0.15) is 24.0 Å². The van der Waals surface area contributed by atoms with E-state index in [9.17, 15) is 4.79 Å². The summed E-state index contributed by atoms with van der Waals surface area (Å²) < 4.78 is 1.97. The maximum absolute atomic E-state index is 12.7. The van der Waals surface area contributed by atoms with E-state index < -0.39 is 0 Å². The first-order valence-corrected chi connectivity index (χ1v) is 9.96. The van der Waals surface area contributed by atoms with E-state index in [1.165, 1.54) is 11.1 Å². The van der Waals surface area contributed by atoms with Gasteiger partial charge in [0, 0.05) is 25.0 Å². The summed E-state index contributed by atoms with van der Waals surface area (Å²) in [6, 6.07) is 12.4. The minimum Gasteiger partial charge on any atom is -0.341 e. The van der Waals surface area contributed by atoms with Crippen molar-refractivity contribution in [2.24, 2.45) is 0 Å². The van der Waals surface area contributed by atoms with Gasteiger partial charge in [-0.25, -0.2) is 9.97 Å². The van der Waals surface area contributed by atoms with Crippen LogP contribution in [0.15, 0.2) is 47.8 Å². The number of aryl methyl sites for hydroxylation is 1. The van der Waals surface area contributed by atoms with E-state index in [-0.39, 0.29) is 5.91 Å². The van der Waals surface area contributed by atoms with Gasteiger partial charge in [0.05, 0.1) is 0 Å². The number of fused-ring (bicyclic) bond motifs is 1. The van der Waals surface area contributed by atoms with Crippen LogP contribution in [-0.4, -0.2) is 38.4 Å². The lowest BCUT2D eigenvalue weighted by Crippen LogP contribution is -2.31. The smallest absolute Gasteiger partial charge is 0.242 e. The van der Waals surface area contributed by atoms with Crippen LogP contribution < -0.4 is 0 Å². The van der Waals surface area contributed by atoms with Crippen LogP contribution in [0.25, 0.3) is 11.2 Å². The first kappa shape index (κ1) is 17.1. The van der Waals surface area contributed by atoms with Crippen LogP contribution in [-0.2, 0) is 17.1 Å². The lowest BCUT2D eigenvalue weighted by atomic mass is 10.2. The van der Waals surface area contributed by atoms with Crippen molar-refractivity contribution in [3.8, 4) is 0 Å². The highest BCUT2D eigenvalue weighted by Gasteiger charge is 2.21. The lowest BCUT2D eigenvalue weighted by molar-refractivity contribution is -0.130. The van der Waals surface area contributed by atoms with Crippen molar-refractivity contribution >= 4 is 28.8 Å². The molecule has 26 heavy (non-hydrogen) atoms. The van der Waals surface area contributed by atoms with Crippen LogP contribution in [0.5, 0.6) is 0 Å². The molecule has 1 fully saturated rings. The molecular weight excluding hydrogens is 344 g/mol. The molecule has 0 atom stereocenters. The van der Waals surface area contributed by atoms with Crippen LogP contribution in [0, 0.1) is 6.92 Å². The standard InChI is InChI=1S/C20H22N4OS/c1-15-6-8-16(9-7-15)14-26-20-22-17-5-4-10-21-19(17)24(20)13-18(25)23-11-2-3-12-23/h4-10H,2-3,11-14H2,1H3. The second kappa shape index (κ2) is 7.50. The van der Waals surface area contributed by atoms with Gasteiger partial charge in [0.2, 0.25) is 5.91 Å². The first-order chi connectivity index (χ1) is 12.7. The first-order valence-electron chi connectivity index (χ1n) is 8.98. The van der Waals surface area contributed by atoms with Crippen molar-refractivity contribution in [2.75, 3.05) is 13.1 Å². The zero-order chi connectivity index (χ0) is 17.9. The normalized spacial score (nSPS) is 14.3. The molecule has 134 valence electrons. The molecule has 4 rings (SSSR count). The number of rotatable bonds is 5. The number of carbonyl (C=O) groups is 1. The van der Waals surface area contributed by atoms with Gasteiger partial charge >= 0.3 is 0 Å². The molecule has 2 aromatic heterocycles. The van der Waals surface area contributed by atoms with Gasteiger partial charge in [-0.1, -0.05) is 41.6 Å². The van der Waals surface area contributed by atoms with Crippen LogP contribution >= 0.6 is 11.8 Å². The van der Waals surface area contributed by atoms with Gasteiger partial charge < -0.3 is 4.90 Å². The average molecular weight is 366 g/mol. The SMILES string of the molecule is Cc1ccc(CSc2nc3cccnc3n2CC(=O)N2CCCC2)cc1. The van der Waals surface area contributed by atoms with Crippen molar-refractivity contribution in [3.05, 3.63) is 53.7 Å². The van der Waals surface area contributed by atoms with E-state index in [4.69, 9.17) is 4.98 Å². The number of aromatic nitrogens is 3. The fourth-order valence-electron chi connectivity index (χ4n) is 3.22. The molecule has 3 heterocycles. The second-order valence-corrected chi connectivity index (χ2v) is 7.63. The van der Waals surface area contributed by atoms with E-state index in [1.54, 1.807) is 18.0 Å². The Morgan fingerprint density at radius 3 is 2.69 bits per heavy atom. The van der Waals surface area contributed by atoms with E-state index in [0.29, 0.717) is 6.54 Å². The van der Waals surface area contributed by atoms with Crippen LogP contribution in [0.4, 0.5) is 0 Å². The number of nitrogens with zero attached hydrogens (tertiary/aromatic N) is 4. The molecule has 1 amide bonds. The minimum atomic E-state index is 0.157. The van der Waals surface area contributed by atoms with Gasteiger partial charge in [0.1, 0.15) is 12.1 Å². The number of imidazole rings is 1. The molecule has 0 radical (unpaired) electrons. The number of carbonyl (C=O) groups excluding carboxylic acids is 1. The molecule has 0 saturated carbocycles. The molecule has 0 bridgehead atoms. The summed E-state index contributed by atoms with van der Waals surface area (Å²) in [6.45, 7) is 4.13. The van der Waals surface area contributed by atoms with Gasteiger partial charge in [-0.2, -0.15) is 0 Å². The highest BCUT2D eigenvalue weighted by atomic mass is 32.2. The van der Waals surface area contributed by atoms with Gasteiger partial charge in [-0.05, 0) is 37.5 Å². The average Bonchev–Trinajstić information content (AvgIpc) is 3.30. The fraction of sp³-hybridized carbons (Fsp3) is 0.350. The lowest BCUT2D eigenvalue weighted by Gasteiger charge is -2.16. The third-order valence-corrected chi connectivity index (χ3v) is 5.76. The quantitative estimate of drug-likeness (QED) is 0.647. The number of amides is 1. The van der Waals surface area contributed by atoms with E-state index in [2.05, 4.69) is 36.2 Å². The van der Waals surface area contributed by atoms with E-state index in [1.807, 2.05) is 21.6 Å². The molecule has 5 nitrogen and oxygen atoms in total. The van der Waals surface area contributed by atoms with Gasteiger partial charge in [-0.15, -0.1) is 0 Å². The second-order valence-electron chi connectivity index (χ2n) is 6.69. The summed E-state index contributed by atoms with van der Waals surface area (Å²) >= 11 is 1.66. The molecular formula is C20H22N4OS. The third kappa shape index (κ3) is 3.60. The molecule has 0 spiro atoms. The molecule has 0 N–H and O–H groups in total. The zero-order valence-corrected chi connectivity index (χ0v) is 15.7. The topological polar surface area (TPSA) is 51.0 Å². The van der Waals surface area contributed by atoms with Crippen molar-refractivity contribution in [1.82, 2.24) is 19.4 Å². The van der Waals surface area contributed by atoms with Crippen molar-refractivity contribution < 1.29 is 4.79 Å². The number of hydrogen-bond acceptors (Lipinski definition) is 4. The number of likely N-dealkylation sites (tertiary alicyclic amines) is 1. The third-order valence-electron chi connectivity index (χ3n) is 4.71. The molecule has 1 aromatic carbocycles. The predicted octanol–water partition coefficient (Wildman–Crippen LogP) is 3.65. The Labute approximate surface area is 157 Å². The largest absolute Gasteiger partial charge is 0.341 e. The molecule has 1 aliphatic heterocycles. The molecule has 3 aromatic rings. The molecule has 0 unspecified atom stereocenters. The molecule has 0 aliphatic carbocycles. The number of pyridine rings is 1. The number of hydrogen-bond donors (Lipinski definition) is 0. The Morgan fingerprint density at radius 1 is 1.15 bits per heavy atom. The van der Waals surface area contributed by atoms with Crippen LogP contribution in [0.3, 0.4) is 0 Å². The monoisotopic (exact) mass is 366 g/mol. The molecule has 6 heteroatoms. The van der Waals surface area contributed by atoms with Crippen molar-refractivity contribution in [3.63, 3.8) is 0 Å². The van der Waals surface area contributed by atoms with E-state index >= 15 is 0 Å². The Kier molecular flexibility index (Phi) is 4.93. The summed E-state index contributed by atoms with van der Waals surface area (Å²) in [7, 11) is 0. The molecule has 1 saturated heterocycles. The highest BCUT2D eigenvalue weighted by molar-refractivity contribution is 7.98. The van der Waals surface area contributed by atoms with Crippen molar-refractivity contribution in [1.29, 1.82) is 0 Å². The summed E-state index contributed by atoms with van der Waals surface area (Å²) in [5.41, 5.74) is 4.13. The number of benzene rings is 1. The maximum Gasteiger partial charge on any atom is 0.242 e. The van der Waals surface area contributed by atoms with Gasteiger partial charge in [-0.3, -0.25) is 9.36 Å². The van der Waals surface area contributed by atoms with Crippen LogP contribution in [0.2, 0.25) is 0 Å². The Balaban J connectivity index is 1.58. The minimum absolute atomic E-state index is 0.157. The van der Waals surface area contributed by atoms with Crippen molar-refractivity contribution in [2.45, 2.75) is 37.2 Å². The summed E-state index contributed by atoms with van der Waals surface area (Å²) in [4.78, 5) is 23.8. The number of thioether (sulfide) groups is 1. The van der Waals surface area contributed by atoms with Gasteiger partial charge in [0.15, 0.2) is 10.8 Å². The summed E-state index contributed by atoms with van der Waals surface area (Å²) in [6.07, 6.45) is 3.96. The summed E-state index contributed by atoms with van der Waals surface area (Å²) in [5, 5.41) is 0.854. The van der Waals surface area contributed by atoms with Gasteiger partial charge in [0.25, 0.3) is 0 Å². The predicted molar refractivity (Wildman–Crippen MR) is 104 cm³/mol. The zero-order valence-electron chi connectivity index (χ0n) is 14.9. The fourth-order valence-corrected chi connectivity index (χ4v) is 4.18. The Bertz CT molecular complexity index is 913.